The van der Waals surface area contributed by atoms with Gasteiger partial charge in [-0.15, -0.1) is 0 Å². The van der Waals surface area contributed by atoms with Gasteiger partial charge in [-0.25, -0.2) is 0 Å². The van der Waals surface area contributed by atoms with Crippen LogP contribution in [0.5, 0.6) is 11.5 Å². The third-order valence-electron chi connectivity index (χ3n) is 4.28. The van der Waals surface area contributed by atoms with E-state index in [0.29, 0.717) is 34.2 Å². The molecule has 2 amide bonds. The summed E-state index contributed by atoms with van der Waals surface area (Å²) in [6, 6.07) is 15.6. The van der Waals surface area contributed by atoms with Gasteiger partial charge in [0.15, 0.2) is 11.5 Å². The zero-order chi connectivity index (χ0) is 21.3. The number of hydrogen-bond acceptors (Lipinski definition) is 6. The topological polar surface area (TPSA) is 102 Å². The van der Waals surface area contributed by atoms with Gasteiger partial charge >= 0.3 is 0 Å². The molecule has 0 spiro atoms. The minimum Gasteiger partial charge on any atom is -0.493 e. The molecule has 0 atom stereocenters. The molecule has 0 fully saturated rings. The summed E-state index contributed by atoms with van der Waals surface area (Å²) in [4.78, 5) is 24.9. The number of methoxy groups -OCH3 is 2. The van der Waals surface area contributed by atoms with Gasteiger partial charge in [-0.2, -0.15) is 0 Å². The highest BCUT2D eigenvalue weighted by Gasteiger charge is 2.13. The minimum atomic E-state index is -0.270. The summed E-state index contributed by atoms with van der Waals surface area (Å²) in [5, 5.41) is 8.58. The van der Waals surface area contributed by atoms with Gasteiger partial charge in [-0.05, 0) is 36.4 Å². The van der Waals surface area contributed by atoms with Crippen molar-refractivity contribution in [3.8, 4) is 11.5 Å². The van der Waals surface area contributed by atoms with Crippen LogP contribution in [0.3, 0.4) is 0 Å². The van der Waals surface area contributed by atoms with Gasteiger partial charge in [0.1, 0.15) is 5.76 Å². The molecule has 1 aromatic heterocycles. The first-order valence-electron chi connectivity index (χ1n) is 9.26. The van der Waals surface area contributed by atoms with Gasteiger partial charge in [-0.1, -0.05) is 12.1 Å². The molecule has 2 aromatic carbocycles. The summed E-state index contributed by atoms with van der Waals surface area (Å²) in [6.07, 6.45) is 1.55. The van der Waals surface area contributed by atoms with Crippen LogP contribution in [-0.4, -0.2) is 32.6 Å². The molecule has 0 aliphatic carbocycles. The number of carbonyl (C=O) groups excluding carboxylic acids is 2. The first-order valence-corrected chi connectivity index (χ1v) is 9.26. The highest BCUT2D eigenvalue weighted by molar-refractivity contribution is 6.00. The number of amides is 2. The lowest BCUT2D eigenvalue weighted by Gasteiger charge is -2.13. The van der Waals surface area contributed by atoms with Gasteiger partial charge < -0.3 is 29.8 Å². The van der Waals surface area contributed by atoms with Crippen molar-refractivity contribution >= 4 is 23.2 Å². The van der Waals surface area contributed by atoms with Crippen molar-refractivity contribution < 1.29 is 23.5 Å². The highest BCUT2D eigenvalue weighted by Crippen LogP contribution is 2.29. The molecule has 0 radical (unpaired) electrons. The van der Waals surface area contributed by atoms with E-state index in [1.807, 2.05) is 0 Å². The average molecular weight is 409 g/mol. The lowest BCUT2D eigenvalue weighted by Crippen LogP contribution is -2.26. The molecule has 30 heavy (non-hydrogen) atoms. The molecule has 0 saturated heterocycles. The Labute approximate surface area is 174 Å². The van der Waals surface area contributed by atoms with Crippen molar-refractivity contribution in [3.63, 3.8) is 0 Å². The Morgan fingerprint density at radius 1 is 0.967 bits per heavy atom. The fraction of sp³-hybridized carbons (Fsp3) is 0.182. The van der Waals surface area contributed by atoms with E-state index in [2.05, 4.69) is 16.0 Å². The maximum atomic E-state index is 12.5. The molecular formula is C22H23N3O5. The summed E-state index contributed by atoms with van der Waals surface area (Å²) in [6.45, 7) is 0.261. The van der Waals surface area contributed by atoms with Crippen LogP contribution < -0.4 is 25.4 Å². The van der Waals surface area contributed by atoms with E-state index in [1.165, 1.54) is 7.11 Å². The molecule has 0 unspecified atom stereocenters. The van der Waals surface area contributed by atoms with Crippen molar-refractivity contribution in [1.29, 1.82) is 0 Å². The Morgan fingerprint density at radius 3 is 2.50 bits per heavy atom. The maximum absolute atomic E-state index is 12.5. The second kappa shape index (κ2) is 10.0. The van der Waals surface area contributed by atoms with Gasteiger partial charge in [0.25, 0.3) is 5.91 Å². The summed E-state index contributed by atoms with van der Waals surface area (Å²) >= 11 is 0. The average Bonchev–Trinajstić information content (AvgIpc) is 3.30. The van der Waals surface area contributed by atoms with Crippen LogP contribution in [0.1, 0.15) is 16.1 Å². The SMILES string of the molecule is COc1ccc(NC(=O)CNc2ccccc2C(=O)NCc2ccco2)cc1OC. The number of para-hydroxylation sites is 1. The van der Waals surface area contributed by atoms with E-state index in [1.54, 1.807) is 68.0 Å². The number of ether oxygens (including phenoxy) is 2. The normalized spacial score (nSPS) is 10.2. The van der Waals surface area contributed by atoms with E-state index in [-0.39, 0.29) is 24.9 Å². The molecular weight excluding hydrogens is 386 g/mol. The zero-order valence-corrected chi connectivity index (χ0v) is 16.7. The third-order valence-corrected chi connectivity index (χ3v) is 4.28. The molecule has 3 aromatic rings. The molecule has 1 heterocycles. The summed E-state index contributed by atoms with van der Waals surface area (Å²) in [7, 11) is 3.07. The van der Waals surface area contributed by atoms with Crippen LogP contribution in [0.4, 0.5) is 11.4 Å². The quantitative estimate of drug-likeness (QED) is 0.501. The summed E-state index contributed by atoms with van der Waals surface area (Å²) in [5.41, 5.74) is 1.56. The van der Waals surface area contributed by atoms with E-state index >= 15 is 0 Å². The Morgan fingerprint density at radius 2 is 1.77 bits per heavy atom. The lowest BCUT2D eigenvalue weighted by molar-refractivity contribution is -0.114. The van der Waals surface area contributed by atoms with Crippen molar-refractivity contribution in [2.75, 3.05) is 31.4 Å². The van der Waals surface area contributed by atoms with Crippen molar-refractivity contribution in [2.45, 2.75) is 6.54 Å². The van der Waals surface area contributed by atoms with Gasteiger partial charge in [-0.3, -0.25) is 9.59 Å². The van der Waals surface area contributed by atoms with Crippen LogP contribution in [0.15, 0.2) is 65.3 Å². The van der Waals surface area contributed by atoms with Gasteiger partial charge in [0.05, 0.1) is 39.1 Å². The fourth-order valence-corrected chi connectivity index (χ4v) is 2.81. The van der Waals surface area contributed by atoms with Crippen molar-refractivity contribution in [3.05, 3.63) is 72.2 Å². The van der Waals surface area contributed by atoms with Crippen molar-refractivity contribution in [2.24, 2.45) is 0 Å². The Balaban J connectivity index is 1.59. The number of nitrogens with one attached hydrogen (secondary N) is 3. The third kappa shape index (κ3) is 5.32. The van der Waals surface area contributed by atoms with Crippen LogP contribution in [0.2, 0.25) is 0 Å². The highest BCUT2D eigenvalue weighted by atomic mass is 16.5. The molecule has 8 heteroatoms. The van der Waals surface area contributed by atoms with E-state index in [9.17, 15) is 9.59 Å². The second-order valence-corrected chi connectivity index (χ2v) is 6.28. The molecule has 3 rings (SSSR count). The fourth-order valence-electron chi connectivity index (χ4n) is 2.81. The maximum Gasteiger partial charge on any atom is 0.253 e. The predicted octanol–water partition coefficient (Wildman–Crippen LogP) is 3.28. The number of carbonyl (C=O) groups is 2. The Hall–Kier alpha value is -3.94. The standard InChI is InChI=1S/C22H23N3O5/c1-28-19-10-9-15(12-20(19)29-2)25-21(26)14-23-18-8-4-3-7-17(18)22(27)24-13-16-6-5-11-30-16/h3-12,23H,13-14H2,1-2H3,(H,24,27)(H,25,26). The lowest BCUT2D eigenvalue weighted by atomic mass is 10.1. The van der Waals surface area contributed by atoms with Gasteiger partial charge in [0, 0.05) is 17.4 Å². The minimum absolute atomic E-state index is 0.0170. The Kier molecular flexibility index (Phi) is 6.94. The number of hydrogen-bond donors (Lipinski definition) is 3. The number of anilines is 2. The molecule has 0 aliphatic heterocycles. The van der Waals surface area contributed by atoms with E-state index in [0.717, 1.165) is 0 Å². The smallest absolute Gasteiger partial charge is 0.253 e. The van der Waals surface area contributed by atoms with Crippen LogP contribution in [0.25, 0.3) is 0 Å². The van der Waals surface area contributed by atoms with Crippen molar-refractivity contribution in [1.82, 2.24) is 5.32 Å². The number of benzene rings is 2. The first-order chi connectivity index (χ1) is 14.6. The first kappa shape index (κ1) is 20.8. The molecule has 156 valence electrons. The zero-order valence-electron chi connectivity index (χ0n) is 16.7. The largest absolute Gasteiger partial charge is 0.493 e. The molecule has 3 N–H and O–H groups in total. The summed E-state index contributed by atoms with van der Waals surface area (Å²) < 4.78 is 15.6. The van der Waals surface area contributed by atoms with E-state index in [4.69, 9.17) is 13.9 Å². The second-order valence-electron chi connectivity index (χ2n) is 6.28. The van der Waals surface area contributed by atoms with Crippen LogP contribution in [-0.2, 0) is 11.3 Å². The Bertz CT molecular complexity index is 1000. The number of rotatable bonds is 9. The molecule has 0 saturated carbocycles. The number of furan rings is 1. The van der Waals surface area contributed by atoms with Crippen LogP contribution >= 0.6 is 0 Å². The molecule has 0 aliphatic rings. The van der Waals surface area contributed by atoms with E-state index < -0.39 is 0 Å². The predicted molar refractivity (Wildman–Crippen MR) is 113 cm³/mol. The monoisotopic (exact) mass is 409 g/mol. The summed E-state index contributed by atoms with van der Waals surface area (Å²) in [5.74, 6) is 1.20. The molecule has 0 bridgehead atoms. The van der Waals surface area contributed by atoms with Gasteiger partial charge in [0.2, 0.25) is 5.91 Å². The van der Waals surface area contributed by atoms with Crippen LogP contribution in [0, 0.1) is 0 Å². The molecule has 8 nitrogen and oxygen atoms in total.